The molecule has 0 saturated carbocycles. The fourth-order valence-corrected chi connectivity index (χ4v) is 1.39. The van der Waals surface area contributed by atoms with Crippen molar-refractivity contribution in [1.82, 2.24) is 14.6 Å². The molecule has 0 spiro atoms. The van der Waals surface area contributed by atoms with Crippen LogP contribution in [0.15, 0.2) is 11.7 Å². The molecule has 0 bridgehead atoms. The third-order valence-corrected chi connectivity index (χ3v) is 1.89. The highest BCUT2D eigenvalue weighted by atomic mass is 32.1. The zero-order valence-electron chi connectivity index (χ0n) is 4.90. The second-order valence-electron chi connectivity index (χ2n) is 1.83. The first-order valence-electron chi connectivity index (χ1n) is 2.62. The number of rotatable bonds is 0. The standard InChI is InChI=1S/C5H5N3S/c1-4-2-6-5-8(4)7-3-9-5/h2-3H,1H3. The molecule has 0 fully saturated rings. The highest BCUT2D eigenvalue weighted by molar-refractivity contribution is 7.14. The fraction of sp³-hybridized carbons (Fsp3) is 0.200. The average molecular weight is 139 g/mol. The molecule has 46 valence electrons. The van der Waals surface area contributed by atoms with E-state index in [9.17, 15) is 0 Å². The molecule has 0 radical (unpaired) electrons. The summed E-state index contributed by atoms with van der Waals surface area (Å²) < 4.78 is 1.82. The lowest BCUT2D eigenvalue weighted by Gasteiger charge is -1.79. The van der Waals surface area contributed by atoms with Gasteiger partial charge < -0.3 is 0 Å². The van der Waals surface area contributed by atoms with E-state index in [0.717, 1.165) is 10.7 Å². The monoisotopic (exact) mass is 139 g/mol. The first-order chi connectivity index (χ1) is 4.38. The SMILES string of the molecule is Cc1cnc2scnn12. The number of aromatic nitrogens is 3. The molecule has 0 saturated heterocycles. The Morgan fingerprint density at radius 1 is 1.67 bits per heavy atom. The van der Waals surface area contributed by atoms with E-state index in [1.54, 1.807) is 16.8 Å². The van der Waals surface area contributed by atoms with Gasteiger partial charge in [0.2, 0.25) is 4.96 Å². The van der Waals surface area contributed by atoms with Crippen LogP contribution < -0.4 is 0 Å². The number of aryl methyl sites for hydroxylation is 1. The first kappa shape index (κ1) is 4.93. The largest absolute Gasteiger partial charge is 0.226 e. The van der Waals surface area contributed by atoms with E-state index >= 15 is 0 Å². The van der Waals surface area contributed by atoms with Gasteiger partial charge in [0.15, 0.2) is 0 Å². The maximum atomic E-state index is 4.10. The molecule has 4 heteroatoms. The molecule has 9 heavy (non-hydrogen) atoms. The van der Waals surface area contributed by atoms with E-state index in [1.807, 2.05) is 17.6 Å². The van der Waals surface area contributed by atoms with Gasteiger partial charge in [-0.05, 0) is 6.92 Å². The quantitative estimate of drug-likeness (QED) is 0.547. The van der Waals surface area contributed by atoms with Crippen LogP contribution in [0.2, 0.25) is 0 Å². The Morgan fingerprint density at radius 2 is 2.56 bits per heavy atom. The van der Waals surface area contributed by atoms with E-state index in [1.165, 1.54) is 0 Å². The first-order valence-corrected chi connectivity index (χ1v) is 3.50. The van der Waals surface area contributed by atoms with Gasteiger partial charge >= 0.3 is 0 Å². The molecular formula is C5H5N3S. The van der Waals surface area contributed by atoms with Crippen molar-refractivity contribution in [3.05, 3.63) is 17.4 Å². The summed E-state index contributed by atoms with van der Waals surface area (Å²) in [6.45, 7) is 1.99. The van der Waals surface area contributed by atoms with E-state index < -0.39 is 0 Å². The predicted molar refractivity (Wildman–Crippen MR) is 35.6 cm³/mol. The maximum Gasteiger partial charge on any atom is 0.212 e. The van der Waals surface area contributed by atoms with Gasteiger partial charge in [-0.1, -0.05) is 11.3 Å². The van der Waals surface area contributed by atoms with Crippen molar-refractivity contribution in [2.75, 3.05) is 0 Å². The zero-order valence-corrected chi connectivity index (χ0v) is 5.72. The van der Waals surface area contributed by atoms with Gasteiger partial charge in [0.05, 0.1) is 11.9 Å². The topological polar surface area (TPSA) is 30.2 Å². The second-order valence-corrected chi connectivity index (χ2v) is 2.64. The summed E-state index contributed by atoms with van der Waals surface area (Å²) in [5, 5.41) is 4.05. The molecular weight excluding hydrogens is 134 g/mol. The predicted octanol–water partition coefficient (Wildman–Crippen LogP) is 1.10. The lowest BCUT2D eigenvalue weighted by Crippen LogP contribution is -1.83. The minimum atomic E-state index is 0.965. The lowest BCUT2D eigenvalue weighted by molar-refractivity contribution is 0.931. The number of nitrogens with zero attached hydrogens (tertiary/aromatic N) is 3. The molecule has 0 N–H and O–H groups in total. The molecule has 0 aliphatic carbocycles. The van der Waals surface area contributed by atoms with Crippen LogP contribution in [0.3, 0.4) is 0 Å². The fourth-order valence-electron chi connectivity index (χ4n) is 0.748. The Bertz CT molecular complexity index is 321. The molecule has 3 nitrogen and oxygen atoms in total. The normalized spacial score (nSPS) is 10.8. The van der Waals surface area contributed by atoms with Crippen molar-refractivity contribution < 1.29 is 0 Å². The van der Waals surface area contributed by atoms with Crippen molar-refractivity contribution in [2.45, 2.75) is 6.92 Å². The Labute approximate surface area is 56.0 Å². The molecule has 2 aromatic heterocycles. The molecule has 0 aromatic carbocycles. The Kier molecular flexibility index (Phi) is 0.843. The number of fused-ring (bicyclic) bond motifs is 1. The summed E-state index contributed by atoms with van der Waals surface area (Å²) >= 11 is 1.55. The van der Waals surface area contributed by atoms with Gasteiger partial charge in [-0.2, -0.15) is 5.10 Å². The molecule has 0 atom stereocenters. The van der Waals surface area contributed by atoms with Gasteiger partial charge in [0, 0.05) is 0 Å². The van der Waals surface area contributed by atoms with E-state index in [2.05, 4.69) is 10.1 Å². The van der Waals surface area contributed by atoms with E-state index in [0.29, 0.717) is 0 Å². The summed E-state index contributed by atoms with van der Waals surface area (Å²) in [6, 6.07) is 0. The van der Waals surface area contributed by atoms with Crippen LogP contribution in [0.25, 0.3) is 4.96 Å². The third kappa shape index (κ3) is 0.564. The van der Waals surface area contributed by atoms with Crippen molar-refractivity contribution in [3.8, 4) is 0 Å². The summed E-state index contributed by atoms with van der Waals surface area (Å²) in [7, 11) is 0. The molecule has 0 amide bonds. The molecule has 0 unspecified atom stereocenters. The Hall–Kier alpha value is -0.900. The summed E-state index contributed by atoms with van der Waals surface area (Å²) in [5.74, 6) is 0. The molecule has 0 aliphatic rings. The smallest absolute Gasteiger partial charge is 0.212 e. The van der Waals surface area contributed by atoms with Gasteiger partial charge in [-0.25, -0.2) is 9.50 Å². The highest BCUT2D eigenvalue weighted by Gasteiger charge is 1.97. The van der Waals surface area contributed by atoms with Crippen molar-refractivity contribution in [1.29, 1.82) is 0 Å². The van der Waals surface area contributed by atoms with Crippen LogP contribution in [-0.4, -0.2) is 14.6 Å². The average Bonchev–Trinajstić information content (AvgIpc) is 2.35. The van der Waals surface area contributed by atoms with Gasteiger partial charge in [-0.15, -0.1) is 0 Å². The van der Waals surface area contributed by atoms with Crippen molar-refractivity contribution in [3.63, 3.8) is 0 Å². The number of hydrogen-bond acceptors (Lipinski definition) is 3. The number of imidazole rings is 1. The molecule has 2 aromatic rings. The minimum absolute atomic E-state index is 0.965. The van der Waals surface area contributed by atoms with Crippen molar-refractivity contribution in [2.24, 2.45) is 0 Å². The van der Waals surface area contributed by atoms with Crippen molar-refractivity contribution >= 4 is 16.3 Å². The summed E-state index contributed by atoms with van der Waals surface area (Å²) in [6.07, 6.45) is 1.82. The van der Waals surface area contributed by atoms with Crippen LogP contribution in [0.5, 0.6) is 0 Å². The Balaban J connectivity index is 2.99. The highest BCUT2D eigenvalue weighted by Crippen LogP contribution is 2.07. The molecule has 2 rings (SSSR count). The minimum Gasteiger partial charge on any atom is -0.226 e. The Morgan fingerprint density at radius 3 is 3.33 bits per heavy atom. The molecule has 0 aliphatic heterocycles. The van der Waals surface area contributed by atoms with Gasteiger partial charge in [-0.3, -0.25) is 0 Å². The van der Waals surface area contributed by atoms with E-state index in [4.69, 9.17) is 0 Å². The van der Waals surface area contributed by atoms with Gasteiger partial charge in [0.25, 0.3) is 0 Å². The van der Waals surface area contributed by atoms with Crippen LogP contribution in [0, 0.1) is 6.92 Å². The zero-order chi connectivity index (χ0) is 6.27. The van der Waals surface area contributed by atoms with Crippen LogP contribution >= 0.6 is 11.3 Å². The number of hydrogen-bond donors (Lipinski definition) is 0. The van der Waals surface area contributed by atoms with Crippen LogP contribution in [0.4, 0.5) is 0 Å². The maximum absolute atomic E-state index is 4.10. The van der Waals surface area contributed by atoms with E-state index in [-0.39, 0.29) is 0 Å². The third-order valence-electron chi connectivity index (χ3n) is 1.20. The van der Waals surface area contributed by atoms with Crippen LogP contribution in [0.1, 0.15) is 5.69 Å². The van der Waals surface area contributed by atoms with Gasteiger partial charge in [0.1, 0.15) is 5.51 Å². The lowest BCUT2D eigenvalue weighted by atomic mass is 10.6. The summed E-state index contributed by atoms with van der Waals surface area (Å²) in [4.78, 5) is 5.06. The van der Waals surface area contributed by atoms with Crippen LogP contribution in [-0.2, 0) is 0 Å². The molecule has 2 heterocycles. The second kappa shape index (κ2) is 1.54. The summed E-state index contributed by atoms with van der Waals surface area (Å²) in [5.41, 5.74) is 2.88.